The monoisotopic (exact) mass is 378 g/mol. The second kappa shape index (κ2) is 9.64. The number of phosphoric ester groups is 1. The van der Waals surface area contributed by atoms with Crippen molar-refractivity contribution in [1.82, 2.24) is 0 Å². The zero-order chi connectivity index (χ0) is 19.0. The van der Waals surface area contributed by atoms with Crippen molar-refractivity contribution >= 4 is 13.6 Å². The van der Waals surface area contributed by atoms with Crippen LogP contribution in [-0.2, 0) is 18.1 Å². The van der Waals surface area contributed by atoms with Gasteiger partial charge >= 0.3 is 7.82 Å². The predicted octanol–water partition coefficient (Wildman–Crippen LogP) is 4.82. The lowest BCUT2D eigenvalue weighted by Gasteiger charge is -2.23. The number of ketones is 1. The van der Waals surface area contributed by atoms with Crippen molar-refractivity contribution in [3.8, 4) is 5.75 Å². The topological polar surface area (TPSA) is 71.1 Å². The number of rotatable bonds is 10. The molecule has 0 radical (unpaired) electrons. The first kappa shape index (κ1) is 20.3. The second-order valence-corrected chi connectivity index (χ2v) is 6.90. The number of carbonyl (C=O) groups excluding carboxylic acids is 1. The predicted molar refractivity (Wildman–Crippen MR) is 98.5 cm³/mol. The number of phosphoric acid groups is 1. The summed E-state index contributed by atoms with van der Waals surface area (Å²) < 4.78 is 34.1. The average Bonchev–Trinajstić information content (AvgIpc) is 2.67. The maximum atomic E-state index is 13.0. The molecule has 0 heterocycles. The van der Waals surface area contributed by atoms with Gasteiger partial charge in [0.25, 0.3) is 0 Å². The number of benzene rings is 2. The fraction of sp³-hybridized carbons (Fsp3) is 0.316. The van der Waals surface area contributed by atoms with E-state index in [-0.39, 0.29) is 19.0 Å². The molecule has 0 N–H and O–H groups in total. The lowest BCUT2D eigenvalue weighted by atomic mass is 10.00. The van der Waals surface area contributed by atoms with Gasteiger partial charge in [-0.3, -0.25) is 18.4 Å². The van der Waals surface area contributed by atoms with Crippen LogP contribution in [0.15, 0.2) is 54.6 Å². The van der Waals surface area contributed by atoms with Crippen molar-refractivity contribution in [2.24, 2.45) is 0 Å². The van der Waals surface area contributed by atoms with Gasteiger partial charge in [0.05, 0.1) is 20.3 Å². The van der Waals surface area contributed by atoms with Crippen LogP contribution in [0, 0.1) is 0 Å². The third-order valence-corrected chi connectivity index (χ3v) is 5.12. The molecule has 1 unspecified atom stereocenters. The molecule has 0 aliphatic rings. The Kier molecular flexibility index (Phi) is 7.54. The standard InChI is InChI=1S/C19H23O6P/c1-4-23-26(21,24-5-2)25-19(16-12-9-13-17(14-16)22-3)18(20)15-10-7-6-8-11-15/h6-14,19H,4-5H2,1-3H3. The number of hydrogen-bond donors (Lipinski definition) is 0. The minimum Gasteiger partial charge on any atom is -0.497 e. The number of methoxy groups -OCH3 is 1. The van der Waals surface area contributed by atoms with Crippen molar-refractivity contribution in [2.75, 3.05) is 20.3 Å². The molecule has 0 fully saturated rings. The highest BCUT2D eigenvalue weighted by Crippen LogP contribution is 2.53. The van der Waals surface area contributed by atoms with E-state index in [9.17, 15) is 9.36 Å². The Hall–Kier alpha value is -1.98. The molecule has 0 amide bonds. The summed E-state index contributed by atoms with van der Waals surface area (Å²) in [6.45, 7) is 3.60. The first-order valence-corrected chi connectivity index (χ1v) is 9.79. The molecule has 140 valence electrons. The largest absolute Gasteiger partial charge is 0.497 e. The van der Waals surface area contributed by atoms with Crippen LogP contribution in [-0.4, -0.2) is 26.1 Å². The van der Waals surface area contributed by atoms with Crippen LogP contribution in [0.3, 0.4) is 0 Å². The number of Topliss-reactive ketones (excluding diaryl/α,β-unsaturated/α-hetero) is 1. The van der Waals surface area contributed by atoms with Crippen LogP contribution < -0.4 is 4.74 Å². The molecule has 0 aliphatic carbocycles. The van der Waals surface area contributed by atoms with Gasteiger partial charge in [-0.05, 0) is 31.5 Å². The summed E-state index contributed by atoms with van der Waals surface area (Å²) in [4.78, 5) is 13.0. The highest BCUT2D eigenvalue weighted by molar-refractivity contribution is 7.48. The van der Waals surface area contributed by atoms with Gasteiger partial charge in [0.2, 0.25) is 0 Å². The molecule has 0 bridgehead atoms. The molecule has 2 aromatic rings. The Morgan fingerprint density at radius 3 is 2.23 bits per heavy atom. The van der Waals surface area contributed by atoms with Crippen molar-refractivity contribution in [1.29, 1.82) is 0 Å². The van der Waals surface area contributed by atoms with Crippen LogP contribution in [0.1, 0.15) is 35.9 Å². The molecule has 0 saturated heterocycles. The van der Waals surface area contributed by atoms with Gasteiger partial charge in [-0.1, -0.05) is 42.5 Å². The third-order valence-electron chi connectivity index (χ3n) is 3.50. The Bertz CT molecular complexity index is 752. The molecule has 0 aromatic heterocycles. The Morgan fingerprint density at radius 2 is 1.65 bits per heavy atom. The van der Waals surface area contributed by atoms with E-state index in [0.29, 0.717) is 16.9 Å². The average molecular weight is 378 g/mol. The molecule has 2 rings (SSSR count). The van der Waals surface area contributed by atoms with Crippen LogP contribution >= 0.6 is 7.82 Å². The molecular weight excluding hydrogens is 355 g/mol. The SMILES string of the molecule is CCOP(=O)(OCC)OC(C(=O)c1ccccc1)c1cccc(OC)c1. The van der Waals surface area contributed by atoms with Gasteiger partial charge in [-0.2, -0.15) is 0 Å². The molecule has 0 saturated carbocycles. The number of ether oxygens (including phenoxy) is 1. The summed E-state index contributed by atoms with van der Waals surface area (Å²) in [5.74, 6) is 0.207. The fourth-order valence-corrected chi connectivity index (χ4v) is 3.67. The Labute approximate surface area is 153 Å². The van der Waals surface area contributed by atoms with Crippen molar-refractivity contribution in [3.63, 3.8) is 0 Å². The summed E-state index contributed by atoms with van der Waals surface area (Å²) in [5, 5.41) is 0. The van der Waals surface area contributed by atoms with Gasteiger partial charge in [-0.25, -0.2) is 4.57 Å². The highest BCUT2D eigenvalue weighted by atomic mass is 31.2. The first-order valence-electron chi connectivity index (χ1n) is 8.33. The quantitative estimate of drug-likeness (QED) is 0.436. The fourth-order valence-electron chi connectivity index (χ4n) is 2.36. The van der Waals surface area contributed by atoms with Crippen LogP contribution in [0.25, 0.3) is 0 Å². The second-order valence-electron chi connectivity index (χ2n) is 5.28. The van der Waals surface area contributed by atoms with Crippen molar-refractivity contribution in [3.05, 3.63) is 65.7 Å². The highest BCUT2D eigenvalue weighted by Gasteiger charge is 2.35. The first-order chi connectivity index (χ1) is 12.5. The summed E-state index contributed by atoms with van der Waals surface area (Å²) >= 11 is 0. The Morgan fingerprint density at radius 1 is 1.00 bits per heavy atom. The summed E-state index contributed by atoms with van der Waals surface area (Å²) in [6, 6.07) is 15.5. The maximum absolute atomic E-state index is 13.0. The summed E-state index contributed by atoms with van der Waals surface area (Å²) in [5.41, 5.74) is 0.928. The van der Waals surface area contributed by atoms with E-state index < -0.39 is 13.9 Å². The zero-order valence-corrected chi connectivity index (χ0v) is 16.0. The lowest BCUT2D eigenvalue weighted by molar-refractivity contribution is 0.0593. The maximum Gasteiger partial charge on any atom is 0.475 e. The van der Waals surface area contributed by atoms with Gasteiger partial charge < -0.3 is 4.74 Å². The summed E-state index contributed by atoms with van der Waals surface area (Å²) in [6.07, 6.45) is -1.16. The van der Waals surface area contributed by atoms with E-state index in [1.807, 2.05) is 6.07 Å². The van der Waals surface area contributed by atoms with Crippen LogP contribution in [0.2, 0.25) is 0 Å². The van der Waals surface area contributed by atoms with Gasteiger partial charge in [0, 0.05) is 5.56 Å². The Balaban J connectivity index is 2.43. The minimum atomic E-state index is -3.90. The molecule has 6 nitrogen and oxygen atoms in total. The molecule has 0 spiro atoms. The smallest absolute Gasteiger partial charge is 0.475 e. The molecule has 2 aromatic carbocycles. The van der Waals surface area contributed by atoms with Crippen molar-refractivity contribution < 1.29 is 27.7 Å². The van der Waals surface area contributed by atoms with Crippen LogP contribution in [0.5, 0.6) is 5.75 Å². The molecule has 0 aliphatic heterocycles. The van der Waals surface area contributed by atoms with Gasteiger partial charge in [0.1, 0.15) is 5.75 Å². The van der Waals surface area contributed by atoms with Crippen molar-refractivity contribution in [2.45, 2.75) is 20.0 Å². The van der Waals surface area contributed by atoms with E-state index >= 15 is 0 Å². The van der Waals surface area contributed by atoms with E-state index in [0.717, 1.165) is 0 Å². The molecule has 7 heteroatoms. The summed E-state index contributed by atoms with van der Waals surface area (Å²) in [7, 11) is -2.37. The van der Waals surface area contributed by atoms with E-state index in [1.165, 1.54) is 7.11 Å². The van der Waals surface area contributed by atoms with E-state index in [4.69, 9.17) is 18.3 Å². The molecular formula is C19H23O6P. The van der Waals surface area contributed by atoms with Gasteiger partial charge in [0.15, 0.2) is 11.9 Å². The number of hydrogen-bond acceptors (Lipinski definition) is 6. The molecule has 1 atom stereocenters. The zero-order valence-electron chi connectivity index (χ0n) is 15.1. The van der Waals surface area contributed by atoms with Crippen LogP contribution in [0.4, 0.5) is 0 Å². The third kappa shape index (κ3) is 5.26. The lowest BCUT2D eigenvalue weighted by Crippen LogP contribution is -2.17. The number of carbonyl (C=O) groups is 1. The van der Waals surface area contributed by atoms with Gasteiger partial charge in [-0.15, -0.1) is 0 Å². The normalized spacial score (nSPS) is 12.6. The van der Waals surface area contributed by atoms with E-state index in [2.05, 4.69) is 0 Å². The molecule has 26 heavy (non-hydrogen) atoms. The van der Waals surface area contributed by atoms with E-state index in [1.54, 1.807) is 62.4 Å². The minimum absolute atomic E-state index is 0.127.